The van der Waals surface area contributed by atoms with Gasteiger partial charge < -0.3 is 10.0 Å². The Kier molecular flexibility index (Phi) is 5.11. The number of hydrogen-bond donors (Lipinski definition) is 1. The van der Waals surface area contributed by atoms with E-state index in [9.17, 15) is 9.18 Å². The first-order chi connectivity index (χ1) is 11.5. The zero-order chi connectivity index (χ0) is 17.1. The van der Waals surface area contributed by atoms with Crippen LogP contribution in [0.5, 0.6) is 0 Å². The lowest BCUT2D eigenvalue weighted by Gasteiger charge is -2.28. The molecule has 24 heavy (non-hydrogen) atoms. The molecule has 2 aromatic rings. The van der Waals surface area contributed by atoms with Gasteiger partial charge in [0.15, 0.2) is 5.69 Å². The fraction of sp³-hybridized carbons (Fsp3) is 0.412. The number of aromatic nitrogens is 1. The molecular formula is C17H20FN3O2S. The number of carbonyl (C=O) groups is 1. The van der Waals surface area contributed by atoms with Gasteiger partial charge >= 0.3 is 5.97 Å². The molecule has 5 nitrogen and oxygen atoms in total. The summed E-state index contributed by atoms with van der Waals surface area (Å²) in [6.07, 6.45) is -0.324. The van der Waals surface area contributed by atoms with E-state index in [0.717, 1.165) is 6.54 Å². The van der Waals surface area contributed by atoms with Crippen molar-refractivity contribution in [3.63, 3.8) is 0 Å². The maximum absolute atomic E-state index is 13.9. The number of thiophene rings is 1. The van der Waals surface area contributed by atoms with Gasteiger partial charge in [0.1, 0.15) is 12.0 Å². The minimum atomic E-state index is -1.05. The number of carboxylic acids is 1. The highest BCUT2D eigenvalue weighted by atomic mass is 32.1. The normalized spacial score (nSPS) is 21.1. The van der Waals surface area contributed by atoms with Crippen molar-refractivity contribution >= 4 is 23.1 Å². The van der Waals surface area contributed by atoms with E-state index in [2.05, 4.69) is 16.0 Å². The van der Waals surface area contributed by atoms with E-state index in [1.165, 1.54) is 10.9 Å². The van der Waals surface area contributed by atoms with Gasteiger partial charge in [-0.25, -0.2) is 14.2 Å². The lowest BCUT2D eigenvalue weighted by atomic mass is 10.2. The van der Waals surface area contributed by atoms with Gasteiger partial charge in [-0.3, -0.25) is 4.90 Å². The van der Waals surface area contributed by atoms with Crippen molar-refractivity contribution in [2.45, 2.75) is 25.2 Å². The monoisotopic (exact) mass is 349 g/mol. The van der Waals surface area contributed by atoms with E-state index in [1.54, 1.807) is 23.5 Å². The second-order valence-corrected chi connectivity index (χ2v) is 7.09. The molecule has 1 N–H and O–H groups in total. The molecule has 0 aromatic carbocycles. The number of pyridine rings is 1. The fourth-order valence-corrected chi connectivity index (χ4v) is 3.80. The van der Waals surface area contributed by atoms with Crippen LogP contribution in [0, 0.1) is 0 Å². The number of anilines is 1. The Hall–Kier alpha value is -1.99. The van der Waals surface area contributed by atoms with Gasteiger partial charge in [0.05, 0.1) is 0 Å². The summed E-state index contributed by atoms with van der Waals surface area (Å²) in [5.41, 5.74) is 0.0181. The molecule has 1 saturated heterocycles. The van der Waals surface area contributed by atoms with Crippen molar-refractivity contribution in [1.29, 1.82) is 0 Å². The minimum absolute atomic E-state index is 0.0181. The highest BCUT2D eigenvalue weighted by Crippen LogP contribution is 2.25. The SMILES string of the molecule is CN(C[C@@H]1C[C@H](F)CN1Cc1cccs1)c1cccc(C(=O)O)n1. The number of rotatable bonds is 6. The maximum Gasteiger partial charge on any atom is 0.354 e. The predicted octanol–water partition coefficient (Wildman–Crippen LogP) is 2.89. The van der Waals surface area contributed by atoms with Crippen molar-refractivity contribution in [2.24, 2.45) is 0 Å². The van der Waals surface area contributed by atoms with Crippen LogP contribution in [0.25, 0.3) is 0 Å². The number of alkyl halides is 1. The summed E-state index contributed by atoms with van der Waals surface area (Å²) in [6.45, 7) is 1.81. The predicted molar refractivity (Wildman–Crippen MR) is 92.5 cm³/mol. The topological polar surface area (TPSA) is 56.7 Å². The third kappa shape index (κ3) is 3.91. The van der Waals surface area contributed by atoms with Gasteiger partial charge in [-0.05, 0) is 30.0 Å². The number of likely N-dealkylation sites (N-methyl/N-ethyl adjacent to an activating group) is 1. The smallest absolute Gasteiger partial charge is 0.354 e. The molecule has 7 heteroatoms. The molecule has 0 spiro atoms. The summed E-state index contributed by atoms with van der Waals surface area (Å²) >= 11 is 1.68. The van der Waals surface area contributed by atoms with Gasteiger partial charge in [0.25, 0.3) is 0 Å². The van der Waals surface area contributed by atoms with E-state index in [4.69, 9.17) is 5.11 Å². The highest BCUT2D eigenvalue weighted by Gasteiger charge is 2.33. The van der Waals surface area contributed by atoms with Crippen LogP contribution in [-0.4, -0.2) is 53.3 Å². The van der Waals surface area contributed by atoms with Crippen molar-refractivity contribution in [3.8, 4) is 0 Å². The fourth-order valence-electron chi connectivity index (χ4n) is 3.07. The van der Waals surface area contributed by atoms with E-state index in [1.807, 2.05) is 23.4 Å². The van der Waals surface area contributed by atoms with Crippen LogP contribution in [0.4, 0.5) is 10.2 Å². The Morgan fingerprint density at radius 2 is 2.29 bits per heavy atom. The first-order valence-corrected chi connectivity index (χ1v) is 8.73. The number of likely N-dealkylation sites (tertiary alicyclic amines) is 1. The van der Waals surface area contributed by atoms with Crippen LogP contribution >= 0.6 is 11.3 Å². The standard InChI is InChI=1S/C17H20FN3O2S/c1-20(16-6-2-5-15(19-16)17(22)23)10-13-8-12(18)9-21(13)11-14-4-3-7-24-14/h2-7,12-13H,8-11H2,1H3,(H,22,23)/t12-,13-/m0/s1. The molecule has 1 aliphatic rings. The summed E-state index contributed by atoms with van der Waals surface area (Å²) in [6, 6.07) is 9.08. The summed E-state index contributed by atoms with van der Waals surface area (Å²) in [5, 5.41) is 11.1. The molecule has 128 valence electrons. The zero-order valence-electron chi connectivity index (χ0n) is 13.4. The maximum atomic E-state index is 13.9. The van der Waals surface area contributed by atoms with Gasteiger partial charge in [-0.2, -0.15) is 0 Å². The molecule has 0 radical (unpaired) electrons. The van der Waals surface area contributed by atoms with E-state index < -0.39 is 12.1 Å². The number of hydrogen-bond acceptors (Lipinski definition) is 5. The van der Waals surface area contributed by atoms with Gasteiger partial charge in [-0.1, -0.05) is 12.1 Å². The average Bonchev–Trinajstić information content (AvgIpc) is 3.18. The van der Waals surface area contributed by atoms with Crippen LogP contribution < -0.4 is 4.90 Å². The molecule has 0 unspecified atom stereocenters. The third-order valence-corrected chi connectivity index (χ3v) is 5.11. The number of halogens is 1. The van der Waals surface area contributed by atoms with Crippen LogP contribution in [0.3, 0.4) is 0 Å². The van der Waals surface area contributed by atoms with Gasteiger partial charge in [0, 0.05) is 37.6 Å². The lowest BCUT2D eigenvalue weighted by molar-refractivity contribution is 0.0690. The summed E-state index contributed by atoms with van der Waals surface area (Å²) in [5.74, 6) is -0.456. The van der Waals surface area contributed by atoms with Crippen LogP contribution in [0.1, 0.15) is 21.8 Å². The summed E-state index contributed by atoms with van der Waals surface area (Å²) in [7, 11) is 1.86. The van der Waals surface area contributed by atoms with E-state index in [-0.39, 0.29) is 11.7 Å². The zero-order valence-corrected chi connectivity index (χ0v) is 14.2. The van der Waals surface area contributed by atoms with E-state index >= 15 is 0 Å². The molecule has 1 aliphatic heterocycles. The van der Waals surface area contributed by atoms with Crippen LogP contribution in [0.15, 0.2) is 35.7 Å². The molecule has 3 rings (SSSR count). The van der Waals surface area contributed by atoms with Crippen LogP contribution in [0.2, 0.25) is 0 Å². The quantitative estimate of drug-likeness (QED) is 0.869. The minimum Gasteiger partial charge on any atom is -0.477 e. The Morgan fingerprint density at radius 1 is 1.46 bits per heavy atom. The first-order valence-electron chi connectivity index (χ1n) is 7.85. The Bertz CT molecular complexity index is 695. The van der Waals surface area contributed by atoms with Crippen LogP contribution in [-0.2, 0) is 6.54 Å². The van der Waals surface area contributed by atoms with Crippen molar-refractivity contribution in [2.75, 3.05) is 25.0 Å². The van der Waals surface area contributed by atoms with Crippen molar-refractivity contribution in [3.05, 3.63) is 46.3 Å². The van der Waals surface area contributed by atoms with E-state index in [0.29, 0.717) is 25.3 Å². The second-order valence-electron chi connectivity index (χ2n) is 6.06. The number of nitrogens with zero attached hydrogens (tertiary/aromatic N) is 3. The lowest BCUT2D eigenvalue weighted by Crippen LogP contribution is -2.38. The van der Waals surface area contributed by atoms with Gasteiger partial charge in [-0.15, -0.1) is 11.3 Å². The summed E-state index contributed by atoms with van der Waals surface area (Å²) in [4.78, 5) is 20.5. The molecule has 2 atom stereocenters. The van der Waals surface area contributed by atoms with Crippen molar-refractivity contribution < 1.29 is 14.3 Å². The summed E-state index contributed by atoms with van der Waals surface area (Å²) < 4.78 is 13.9. The largest absolute Gasteiger partial charge is 0.477 e. The Morgan fingerprint density at radius 3 is 3.00 bits per heavy atom. The molecule has 0 bridgehead atoms. The molecule has 0 saturated carbocycles. The number of aromatic carboxylic acids is 1. The molecular weight excluding hydrogens is 329 g/mol. The third-order valence-electron chi connectivity index (χ3n) is 4.25. The number of carboxylic acid groups (broad SMARTS) is 1. The average molecular weight is 349 g/mol. The molecule has 1 fully saturated rings. The molecule has 0 amide bonds. The molecule has 0 aliphatic carbocycles. The first kappa shape index (κ1) is 16.9. The Balaban J connectivity index is 1.68. The highest BCUT2D eigenvalue weighted by molar-refractivity contribution is 7.09. The van der Waals surface area contributed by atoms with Gasteiger partial charge in [0.2, 0.25) is 0 Å². The second kappa shape index (κ2) is 7.27. The van der Waals surface area contributed by atoms with Crippen molar-refractivity contribution in [1.82, 2.24) is 9.88 Å². The molecule has 3 heterocycles. The molecule has 2 aromatic heterocycles. The Labute approximate surface area is 144 Å².